The number of carbonyl (C=O) groups excluding carboxylic acids is 2. The van der Waals surface area contributed by atoms with Crippen molar-refractivity contribution in [2.24, 2.45) is 0 Å². The lowest BCUT2D eigenvalue weighted by molar-refractivity contribution is -0.117. The standard InChI is InChI=1S/C24H24N2O3/c1-25-23(27)20-13-6-7-14-22(20)26-24(28)21(15-17-9-4-3-5-10-17)18-11-8-12-19(16-18)29-2/h3-14,16,21H,15H2,1-2H3,(H,25,27)(H,26,28). The van der Waals surface area contributed by atoms with Gasteiger partial charge < -0.3 is 15.4 Å². The molecule has 148 valence electrons. The Morgan fingerprint density at radius 3 is 2.38 bits per heavy atom. The van der Waals surface area contributed by atoms with Crippen molar-refractivity contribution in [1.29, 1.82) is 0 Å². The average Bonchev–Trinajstić information content (AvgIpc) is 2.78. The number of carbonyl (C=O) groups is 2. The molecule has 3 aromatic rings. The van der Waals surface area contributed by atoms with E-state index in [0.717, 1.165) is 11.1 Å². The highest BCUT2D eigenvalue weighted by Gasteiger charge is 2.23. The van der Waals surface area contributed by atoms with Crippen LogP contribution >= 0.6 is 0 Å². The van der Waals surface area contributed by atoms with Gasteiger partial charge in [-0.25, -0.2) is 0 Å². The molecule has 0 aliphatic carbocycles. The largest absolute Gasteiger partial charge is 0.497 e. The summed E-state index contributed by atoms with van der Waals surface area (Å²) in [6.07, 6.45) is 0.530. The first kappa shape index (κ1) is 20.1. The van der Waals surface area contributed by atoms with E-state index >= 15 is 0 Å². The zero-order chi connectivity index (χ0) is 20.6. The summed E-state index contributed by atoms with van der Waals surface area (Å²) in [5.41, 5.74) is 2.81. The van der Waals surface area contributed by atoms with Crippen LogP contribution in [-0.2, 0) is 11.2 Å². The lowest BCUT2D eigenvalue weighted by Gasteiger charge is -2.19. The van der Waals surface area contributed by atoms with Crippen LogP contribution in [0.5, 0.6) is 5.75 Å². The summed E-state index contributed by atoms with van der Waals surface area (Å²) >= 11 is 0. The number of nitrogens with one attached hydrogen (secondary N) is 2. The molecule has 0 saturated heterocycles. The molecule has 1 atom stereocenters. The van der Waals surface area contributed by atoms with Gasteiger partial charge in [0.1, 0.15) is 5.75 Å². The van der Waals surface area contributed by atoms with Gasteiger partial charge in [-0.05, 0) is 41.8 Å². The fourth-order valence-electron chi connectivity index (χ4n) is 3.21. The number of rotatable bonds is 7. The Hall–Kier alpha value is -3.60. The molecule has 0 heterocycles. The number of amides is 2. The number of para-hydroxylation sites is 1. The second-order valence-corrected chi connectivity index (χ2v) is 6.63. The molecule has 0 aliphatic rings. The molecule has 0 spiro atoms. The van der Waals surface area contributed by atoms with Crippen LogP contribution < -0.4 is 15.4 Å². The van der Waals surface area contributed by atoms with E-state index in [2.05, 4.69) is 10.6 Å². The predicted molar refractivity (Wildman–Crippen MR) is 114 cm³/mol. The van der Waals surface area contributed by atoms with Crippen LogP contribution in [0, 0.1) is 0 Å². The fraction of sp³-hybridized carbons (Fsp3) is 0.167. The molecule has 0 bridgehead atoms. The molecule has 5 heteroatoms. The van der Waals surface area contributed by atoms with Crippen LogP contribution in [0.3, 0.4) is 0 Å². The Bertz CT molecular complexity index is 986. The normalized spacial score (nSPS) is 11.4. The molecule has 3 rings (SSSR count). The molecule has 0 aliphatic heterocycles. The van der Waals surface area contributed by atoms with Gasteiger partial charge in [-0.15, -0.1) is 0 Å². The zero-order valence-electron chi connectivity index (χ0n) is 16.5. The van der Waals surface area contributed by atoms with Crippen LogP contribution in [0.1, 0.15) is 27.4 Å². The maximum absolute atomic E-state index is 13.3. The van der Waals surface area contributed by atoms with Gasteiger partial charge in [0.15, 0.2) is 0 Å². The van der Waals surface area contributed by atoms with Gasteiger partial charge in [-0.3, -0.25) is 9.59 Å². The van der Waals surface area contributed by atoms with Gasteiger partial charge in [0.05, 0.1) is 24.3 Å². The van der Waals surface area contributed by atoms with E-state index in [1.165, 1.54) is 0 Å². The first-order valence-electron chi connectivity index (χ1n) is 9.42. The van der Waals surface area contributed by atoms with Crippen molar-refractivity contribution in [2.75, 3.05) is 19.5 Å². The quantitative estimate of drug-likeness (QED) is 0.642. The smallest absolute Gasteiger partial charge is 0.253 e. The molecule has 0 fully saturated rings. The Balaban J connectivity index is 1.93. The number of ether oxygens (including phenoxy) is 1. The number of benzene rings is 3. The summed E-state index contributed by atoms with van der Waals surface area (Å²) in [5.74, 6) is -0.176. The van der Waals surface area contributed by atoms with E-state index in [1.54, 1.807) is 38.4 Å². The van der Waals surface area contributed by atoms with E-state index in [1.807, 2.05) is 54.6 Å². The van der Waals surface area contributed by atoms with Crippen molar-refractivity contribution in [3.05, 3.63) is 95.6 Å². The topological polar surface area (TPSA) is 67.4 Å². The highest BCUT2D eigenvalue weighted by molar-refractivity contribution is 6.05. The molecular formula is C24H24N2O3. The predicted octanol–water partition coefficient (Wildman–Crippen LogP) is 4.02. The van der Waals surface area contributed by atoms with Crippen LogP contribution in [0.2, 0.25) is 0 Å². The van der Waals surface area contributed by atoms with Gasteiger partial charge in [0.25, 0.3) is 5.91 Å². The molecule has 2 N–H and O–H groups in total. The highest BCUT2D eigenvalue weighted by atomic mass is 16.5. The zero-order valence-corrected chi connectivity index (χ0v) is 16.5. The van der Waals surface area contributed by atoms with Gasteiger partial charge >= 0.3 is 0 Å². The molecule has 0 aromatic heterocycles. The van der Waals surface area contributed by atoms with Crippen molar-refractivity contribution in [3.63, 3.8) is 0 Å². The van der Waals surface area contributed by atoms with Crippen LogP contribution in [0.25, 0.3) is 0 Å². The third-order valence-corrected chi connectivity index (χ3v) is 4.75. The van der Waals surface area contributed by atoms with E-state index in [-0.39, 0.29) is 11.8 Å². The molecule has 5 nitrogen and oxygen atoms in total. The minimum atomic E-state index is -0.440. The van der Waals surface area contributed by atoms with E-state index in [0.29, 0.717) is 23.4 Å². The third-order valence-electron chi connectivity index (χ3n) is 4.75. The minimum absolute atomic E-state index is 0.182. The van der Waals surface area contributed by atoms with Crippen molar-refractivity contribution in [3.8, 4) is 5.75 Å². The molecular weight excluding hydrogens is 364 g/mol. The van der Waals surface area contributed by atoms with Crippen molar-refractivity contribution in [1.82, 2.24) is 5.32 Å². The lowest BCUT2D eigenvalue weighted by Crippen LogP contribution is -2.26. The first-order valence-corrected chi connectivity index (χ1v) is 9.42. The summed E-state index contributed by atoms with van der Waals surface area (Å²) in [5, 5.41) is 5.55. The maximum atomic E-state index is 13.3. The Labute approximate surface area is 170 Å². The van der Waals surface area contributed by atoms with E-state index < -0.39 is 5.92 Å². The van der Waals surface area contributed by atoms with Crippen LogP contribution in [-0.4, -0.2) is 26.0 Å². The second kappa shape index (κ2) is 9.55. The Morgan fingerprint density at radius 2 is 1.66 bits per heavy atom. The maximum Gasteiger partial charge on any atom is 0.253 e. The SMILES string of the molecule is CNC(=O)c1ccccc1NC(=O)C(Cc1ccccc1)c1cccc(OC)c1. The first-order chi connectivity index (χ1) is 14.1. The monoisotopic (exact) mass is 388 g/mol. The molecule has 1 unspecified atom stereocenters. The Kier molecular flexibility index (Phi) is 6.63. The summed E-state index contributed by atoms with van der Waals surface area (Å²) in [6.45, 7) is 0. The van der Waals surface area contributed by atoms with Gasteiger partial charge in [0.2, 0.25) is 5.91 Å². The van der Waals surface area contributed by atoms with E-state index in [9.17, 15) is 9.59 Å². The third kappa shape index (κ3) is 5.02. The van der Waals surface area contributed by atoms with Gasteiger partial charge in [0, 0.05) is 7.05 Å². The number of anilines is 1. The summed E-state index contributed by atoms with van der Waals surface area (Å²) in [4.78, 5) is 25.4. The van der Waals surface area contributed by atoms with Crippen LogP contribution in [0.15, 0.2) is 78.9 Å². The van der Waals surface area contributed by atoms with Gasteiger partial charge in [-0.2, -0.15) is 0 Å². The van der Waals surface area contributed by atoms with Crippen molar-refractivity contribution >= 4 is 17.5 Å². The van der Waals surface area contributed by atoms with Crippen molar-refractivity contribution in [2.45, 2.75) is 12.3 Å². The molecule has 0 radical (unpaired) electrons. The lowest BCUT2D eigenvalue weighted by atomic mass is 9.90. The molecule has 2 amide bonds. The molecule has 3 aromatic carbocycles. The minimum Gasteiger partial charge on any atom is -0.497 e. The number of hydrogen-bond acceptors (Lipinski definition) is 3. The van der Waals surface area contributed by atoms with Crippen LogP contribution in [0.4, 0.5) is 5.69 Å². The number of hydrogen-bond donors (Lipinski definition) is 2. The Morgan fingerprint density at radius 1 is 0.931 bits per heavy atom. The number of methoxy groups -OCH3 is 1. The summed E-state index contributed by atoms with van der Waals surface area (Å²) in [7, 11) is 3.17. The second-order valence-electron chi connectivity index (χ2n) is 6.63. The summed E-state index contributed by atoms with van der Waals surface area (Å²) < 4.78 is 5.33. The molecule has 0 saturated carbocycles. The van der Waals surface area contributed by atoms with Crippen molar-refractivity contribution < 1.29 is 14.3 Å². The van der Waals surface area contributed by atoms with Gasteiger partial charge in [-0.1, -0.05) is 54.6 Å². The van der Waals surface area contributed by atoms with E-state index in [4.69, 9.17) is 4.74 Å². The molecule has 29 heavy (non-hydrogen) atoms. The fourth-order valence-corrected chi connectivity index (χ4v) is 3.21. The summed E-state index contributed by atoms with van der Waals surface area (Å²) in [6, 6.07) is 24.3. The highest BCUT2D eigenvalue weighted by Crippen LogP contribution is 2.27. The average molecular weight is 388 g/mol.